The summed E-state index contributed by atoms with van der Waals surface area (Å²) in [6, 6.07) is 9.99. The Balaban J connectivity index is 0.00000162. The zero-order valence-corrected chi connectivity index (χ0v) is 18.3. The lowest BCUT2D eigenvalue weighted by Crippen LogP contribution is -2.26. The number of allylic oxidation sites excluding steroid dienone is 1. The fourth-order valence-electron chi connectivity index (χ4n) is 4.69. The summed E-state index contributed by atoms with van der Waals surface area (Å²) in [6.45, 7) is 4.67. The van der Waals surface area contributed by atoms with E-state index in [9.17, 15) is 9.59 Å². The fourth-order valence-corrected chi connectivity index (χ4v) is 4.69. The molecule has 1 aliphatic carbocycles. The normalized spacial score (nSPS) is 19.1. The number of nitrogens with one attached hydrogen (secondary N) is 2. The van der Waals surface area contributed by atoms with Crippen LogP contribution in [-0.2, 0) is 16.0 Å². The second-order valence-electron chi connectivity index (χ2n) is 8.32. The molecule has 1 atom stereocenters. The first-order valence-electron chi connectivity index (χ1n) is 10.9. The molecule has 0 spiro atoms. The van der Waals surface area contributed by atoms with Crippen LogP contribution in [0.2, 0.25) is 0 Å². The molecule has 2 N–H and O–H groups in total. The van der Waals surface area contributed by atoms with Crippen LogP contribution in [-0.4, -0.2) is 40.8 Å². The van der Waals surface area contributed by atoms with Crippen LogP contribution in [0.1, 0.15) is 28.7 Å². The van der Waals surface area contributed by atoms with Crippen LogP contribution in [0.3, 0.4) is 0 Å². The Morgan fingerprint density at radius 2 is 1.91 bits per heavy atom. The monoisotopic (exact) mass is 432 g/mol. The molecule has 32 heavy (non-hydrogen) atoms. The number of hydrogen-bond donors (Lipinski definition) is 2. The van der Waals surface area contributed by atoms with E-state index in [2.05, 4.69) is 34.2 Å². The van der Waals surface area contributed by atoms with Gasteiger partial charge in [0.05, 0.1) is 17.4 Å². The number of aromatic nitrogens is 1. The van der Waals surface area contributed by atoms with Crippen LogP contribution in [0.25, 0.3) is 0 Å². The number of benzene rings is 1. The molecule has 1 aromatic carbocycles. The SMILES string of the molecule is CC(=O)N1CCC2=CC(Nc3cc(Nc4cccc5c4N(C(C)=O)CC5)ccn3)[CH]C=C21.[HH].[HH]. The van der Waals surface area contributed by atoms with Gasteiger partial charge in [0.1, 0.15) is 5.82 Å². The number of rotatable bonds is 4. The van der Waals surface area contributed by atoms with Gasteiger partial charge in [0.15, 0.2) is 0 Å². The Kier molecular flexibility index (Phi) is 5.17. The molecule has 3 aliphatic rings. The van der Waals surface area contributed by atoms with Crippen LogP contribution in [0.4, 0.5) is 22.9 Å². The molecule has 2 aliphatic heterocycles. The van der Waals surface area contributed by atoms with Gasteiger partial charge in [-0.3, -0.25) is 9.59 Å². The van der Waals surface area contributed by atoms with Crippen molar-refractivity contribution >= 4 is 34.7 Å². The van der Waals surface area contributed by atoms with Gasteiger partial charge in [-0.15, -0.1) is 0 Å². The Morgan fingerprint density at radius 3 is 2.72 bits per heavy atom. The van der Waals surface area contributed by atoms with Crippen LogP contribution >= 0.6 is 0 Å². The molecular weight excluding hydrogens is 402 g/mol. The van der Waals surface area contributed by atoms with Crippen molar-refractivity contribution in [1.29, 1.82) is 0 Å². The van der Waals surface area contributed by atoms with Crippen molar-refractivity contribution < 1.29 is 12.4 Å². The van der Waals surface area contributed by atoms with Crippen LogP contribution < -0.4 is 15.5 Å². The van der Waals surface area contributed by atoms with E-state index in [1.54, 1.807) is 20.0 Å². The van der Waals surface area contributed by atoms with Crippen LogP contribution in [0, 0.1) is 6.42 Å². The van der Waals surface area contributed by atoms with Crippen molar-refractivity contribution in [3.63, 3.8) is 0 Å². The van der Waals surface area contributed by atoms with Gasteiger partial charge < -0.3 is 20.4 Å². The third kappa shape index (κ3) is 3.75. The van der Waals surface area contributed by atoms with Crippen molar-refractivity contribution in [2.75, 3.05) is 28.6 Å². The van der Waals surface area contributed by atoms with Gasteiger partial charge in [0.2, 0.25) is 11.8 Å². The Hall–Kier alpha value is -3.61. The van der Waals surface area contributed by atoms with Gasteiger partial charge in [-0.2, -0.15) is 0 Å². The molecule has 167 valence electrons. The van der Waals surface area contributed by atoms with Crippen molar-refractivity contribution in [1.82, 2.24) is 9.88 Å². The van der Waals surface area contributed by atoms with Gasteiger partial charge in [-0.25, -0.2) is 4.98 Å². The van der Waals surface area contributed by atoms with Crippen molar-refractivity contribution in [3.8, 4) is 0 Å². The fraction of sp³-hybridized carbons (Fsp3) is 0.280. The van der Waals surface area contributed by atoms with Gasteiger partial charge in [0.25, 0.3) is 0 Å². The highest BCUT2D eigenvalue weighted by Crippen LogP contribution is 2.37. The number of nitrogens with zero attached hydrogens (tertiary/aromatic N) is 3. The summed E-state index contributed by atoms with van der Waals surface area (Å²) in [7, 11) is 0. The van der Waals surface area contributed by atoms with E-state index < -0.39 is 0 Å². The zero-order valence-electron chi connectivity index (χ0n) is 18.3. The summed E-state index contributed by atoms with van der Waals surface area (Å²) in [5, 5.41) is 6.91. The second-order valence-corrected chi connectivity index (χ2v) is 8.32. The lowest BCUT2D eigenvalue weighted by Gasteiger charge is -2.23. The highest BCUT2D eigenvalue weighted by molar-refractivity contribution is 5.98. The molecule has 1 radical (unpaired) electrons. The van der Waals surface area contributed by atoms with Crippen molar-refractivity contribution in [3.05, 3.63) is 71.9 Å². The second kappa shape index (κ2) is 8.15. The first-order valence-corrected chi connectivity index (χ1v) is 10.9. The van der Waals surface area contributed by atoms with E-state index in [0.717, 1.165) is 54.5 Å². The first-order chi connectivity index (χ1) is 15.5. The molecule has 2 aromatic rings. The number of carbonyl (C=O) groups is 2. The van der Waals surface area contributed by atoms with Crippen molar-refractivity contribution in [2.45, 2.75) is 32.7 Å². The quantitative estimate of drug-likeness (QED) is 0.754. The predicted molar refractivity (Wildman–Crippen MR) is 130 cm³/mol. The van der Waals surface area contributed by atoms with E-state index >= 15 is 0 Å². The minimum Gasteiger partial charge on any atom is -0.363 e. The van der Waals surface area contributed by atoms with Gasteiger partial charge in [-0.05, 0) is 36.1 Å². The summed E-state index contributed by atoms with van der Waals surface area (Å²) in [5.41, 5.74) is 6.16. The number of amides is 2. The average molecular weight is 433 g/mol. The molecule has 2 amide bonds. The number of likely N-dealkylation sites (tertiary alicyclic amines) is 1. The predicted octanol–water partition coefficient (Wildman–Crippen LogP) is 4.29. The Bertz CT molecular complexity index is 1160. The first kappa shape index (κ1) is 20.3. The molecular formula is C25H30N5O2. The molecule has 0 saturated carbocycles. The maximum atomic E-state index is 12.1. The van der Waals surface area contributed by atoms with E-state index in [-0.39, 0.29) is 20.7 Å². The number of para-hydroxylation sites is 1. The number of anilines is 4. The molecule has 1 unspecified atom stereocenters. The van der Waals surface area contributed by atoms with Crippen LogP contribution in [0.5, 0.6) is 0 Å². The maximum Gasteiger partial charge on any atom is 0.223 e. The highest BCUT2D eigenvalue weighted by Gasteiger charge is 2.28. The summed E-state index contributed by atoms with van der Waals surface area (Å²) in [5.74, 6) is 0.886. The molecule has 1 saturated heterocycles. The zero-order chi connectivity index (χ0) is 22.2. The molecule has 5 rings (SSSR count). The number of fused-ring (bicyclic) bond motifs is 2. The molecule has 7 nitrogen and oxygen atoms in total. The van der Waals surface area contributed by atoms with Gasteiger partial charge in [-0.1, -0.05) is 24.3 Å². The summed E-state index contributed by atoms with van der Waals surface area (Å²) < 4.78 is 0. The molecule has 3 heterocycles. The topological polar surface area (TPSA) is 77.6 Å². The van der Waals surface area contributed by atoms with E-state index in [0.29, 0.717) is 0 Å². The third-order valence-corrected chi connectivity index (χ3v) is 6.17. The molecule has 1 aromatic heterocycles. The highest BCUT2D eigenvalue weighted by atomic mass is 16.2. The van der Waals surface area contributed by atoms with E-state index in [1.165, 1.54) is 11.1 Å². The average Bonchev–Trinajstić information content (AvgIpc) is 3.39. The number of hydrogen-bond acceptors (Lipinski definition) is 5. The minimum absolute atomic E-state index is 0. The van der Waals surface area contributed by atoms with Gasteiger partial charge >= 0.3 is 0 Å². The van der Waals surface area contributed by atoms with E-state index in [1.807, 2.05) is 40.1 Å². The molecule has 1 fully saturated rings. The standard InChI is InChI=1S/C25H26N5O2.2H2/c1-16(31)29-12-10-19-14-20(6-7-23(19)29)28-24-15-21(8-11-26-24)27-22-5-3-4-18-9-13-30(17(2)32)25(18)22;;/h3-8,11,14-15,20H,9-10,12-13H2,1-2H3,(H2,26,27,28);2*1H. The Labute approximate surface area is 190 Å². The van der Waals surface area contributed by atoms with E-state index in [4.69, 9.17) is 0 Å². The third-order valence-electron chi connectivity index (χ3n) is 6.17. The number of pyridine rings is 1. The van der Waals surface area contributed by atoms with Crippen molar-refractivity contribution in [2.24, 2.45) is 0 Å². The summed E-state index contributed by atoms with van der Waals surface area (Å²) >= 11 is 0. The Morgan fingerprint density at radius 1 is 1.09 bits per heavy atom. The summed E-state index contributed by atoms with van der Waals surface area (Å²) in [6.07, 6.45) is 9.74. The van der Waals surface area contributed by atoms with Gasteiger partial charge in [0, 0.05) is 59.9 Å². The smallest absolute Gasteiger partial charge is 0.223 e. The molecule has 7 heteroatoms. The lowest BCUT2D eigenvalue weighted by molar-refractivity contribution is -0.126. The molecule has 0 bridgehead atoms. The number of carbonyl (C=O) groups excluding carboxylic acids is 2. The minimum atomic E-state index is 0. The van der Waals surface area contributed by atoms with Crippen LogP contribution in [0.15, 0.2) is 60.0 Å². The summed E-state index contributed by atoms with van der Waals surface area (Å²) in [4.78, 5) is 32.0. The lowest BCUT2D eigenvalue weighted by atomic mass is 9.99. The maximum absolute atomic E-state index is 12.1. The largest absolute Gasteiger partial charge is 0.363 e.